The molecule has 0 fully saturated rings. The van der Waals surface area contributed by atoms with E-state index in [2.05, 4.69) is 18.8 Å². The summed E-state index contributed by atoms with van der Waals surface area (Å²) >= 11 is 4.88. The smallest absolute Gasteiger partial charge is 0.255 e. The molecule has 0 radical (unpaired) electrons. The lowest BCUT2D eigenvalue weighted by Crippen LogP contribution is -2.35. The number of carbonyl (C=O) groups is 1. The summed E-state index contributed by atoms with van der Waals surface area (Å²) in [4.78, 5) is 18.6. The van der Waals surface area contributed by atoms with Gasteiger partial charge in [-0.1, -0.05) is 26.1 Å². The number of nitrogens with two attached hydrogens (primary N) is 1. The number of nitrogens with zero attached hydrogens (tertiary/aromatic N) is 2. The molecule has 1 amide bonds. The van der Waals surface area contributed by atoms with Crippen molar-refractivity contribution in [3.63, 3.8) is 0 Å². The Kier molecular flexibility index (Phi) is 6.42. The first-order valence-corrected chi connectivity index (χ1v) is 6.89. The van der Waals surface area contributed by atoms with Gasteiger partial charge in [0.15, 0.2) is 0 Å². The highest BCUT2D eigenvalue weighted by atomic mass is 32.1. The number of carbonyl (C=O) groups excluding carboxylic acids is 1. The predicted molar refractivity (Wildman–Crippen MR) is 81.0 cm³/mol. The van der Waals surface area contributed by atoms with Gasteiger partial charge in [-0.15, -0.1) is 0 Å². The molecular formula is C14H21N3OS. The van der Waals surface area contributed by atoms with E-state index in [0.717, 1.165) is 6.42 Å². The first kappa shape index (κ1) is 15.6. The standard InChI is InChI=1S/C14H21N3OS/c1-11(2)5-8-17(9-6-13(15)19)14(18)12-4-3-7-16-10-12/h3-4,7,10-11H,5-6,8-9H2,1-2H3,(H2,15,19). The first-order chi connectivity index (χ1) is 9.00. The number of amides is 1. The molecule has 1 heterocycles. The minimum atomic E-state index is -0.00926. The summed E-state index contributed by atoms with van der Waals surface area (Å²) in [6.45, 7) is 5.56. The molecule has 5 heteroatoms. The van der Waals surface area contributed by atoms with Crippen LogP contribution in [0.2, 0.25) is 0 Å². The number of pyridine rings is 1. The van der Waals surface area contributed by atoms with Gasteiger partial charge in [0, 0.05) is 31.9 Å². The van der Waals surface area contributed by atoms with Crippen molar-refractivity contribution in [2.45, 2.75) is 26.7 Å². The van der Waals surface area contributed by atoms with Gasteiger partial charge < -0.3 is 10.6 Å². The van der Waals surface area contributed by atoms with Crippen molar-refractivity contribution >= 4 is 23.1 Å². The molecule has 0 aliphatic carbocycles. The van der Waals surface area contributed by atoms with Gasteiger partial charge in [0.05, 0.1) is 10.6 Å². The Morgan fingerprint density at radius 3 is 2.74 bits per heavy atom. The molecule has 0 atom stereocenters. The Morgan fingerprint density at radius 2 is 2.21 bits per heavy atom. The van der Waals surface area contributed by atoms with Crippen LogP contribution in [0.25, 0.3) is 0 Å². The summed E-state index contributed by atoms with van der Waals surface area (Å²) < 4.78 is 0. The zero-order chi connectivity index (χ0) is 14.3. The lowest BCUT2D eigenvalue weighted by Gasteiger charge is -2.23. The molecule has 0 bridgehead atoms. The van der Waals surface area contributed by atoms with Crippen molar-refractivity contribution in [1.82, 2.24) is 9.88 Å². The van der Waals surface area contributed by atoms with E-state index >= 15 is 0 Å². The lowest BCUT2D eigenvalue weighted by atomic mass is 10.1. The largest absolute Gasteiger partial charge is 0.393 e. The third-order valence-corrected chi connectivity index (χ3v) is 3.00. The average Bonchev–Trinajstić information content (AvgIpc) is 2.38. The fraction of sp³-hybridized carbons (Fsp3) is 0.500. The van der Waals surface area contributed by atoms with Crippen LogP contribution in [0.3, 0.4) is 0 Å². The molecule has 0 saturated carbocycles. The maximum Gasteiger partial charge on any atom is 0.255 e. The molecule has 0 spiro atoms. The van der Waals surface area contributed by atoms with Crippen LogP contribution in [0, 0.1) is 5.92 Å². The molecule has 1 aromatic heterocycles. The topological polar surface area (TPSA) is 59.2 Å². The molecule has 2 N–H and O–H groups in total. The van der Waals surface area contributed by atoms with Crippen molar-refractivity contribution in [1.29, 1.82) is 0 Å². The van der Waals surface area contributed by atoms with E-state index < -0.39 is 0 Å². The second-order valence-electron chi connectivity index (χ2n) is 4.93. The summed E-state index contributed by atoms with van der Waals surface area (Å²) in [5, 5.41) is 0. The summed E-state index contributed by atoms with van der Waals surface area (Å²) in [6.07, 6.45) is 4.76. The highest BCUT2D eigenvalue weighted by Crippen LogP contribution is 2.08. The molecular weight excluding hydrogens is 258 g/mol. The number of rotatable bonds is 7. The van der Waals surface area contributed by atoms with Crippen LogP contribution in [-0.2, 0) is 0 Å². The highest BCUT2D eigenvalue weighted by Gasteiger charge is 2.16. The molecule has 0 aliphatic rings. The highest BCUT2D eigenvalue weighted by molar-refractivity contribution is 7.80. The number of aromatic nitrogens is 1. The minimum absolute atomic E-state index is 0.00926. The maximum absolute atomic E-state index is 12.4. The average molecular weight is 279 g/mol. The Labute approximate surface area is 120 Å². The molecule has 0 saturated heterocycles. The van der Waals surface area contributed by atoms with Gasteiger partial charge in [0.2, 0.25) is 0 Å². The van der Waals surface area contributed by atoms with Crippen LogP contribution in [0.1, 0.15) is 37.0 Å². The van der Waals surface area contributed by atoms with Crippen molar-refractivity contribution in [3.8, 4) is 0 Å². The van der Waals surface area contributed by atoms with Crippen LogP contribution >= 0.6 is 12.2 Å². The van der Waals surface area contributed by atoms with Crippen molar-refractivity contribution in [2.24, 2.45) is 11.7 Å². The molecule has 0 aliphatic heterocycles. The lowest BCUT2D eigenvalue weighted by molar-refractivity contribution is 0.0752. The maximum atomic E-state index is 12.4. The summed E-state index contributed by atoms with van der Waals surface area (Å²) in [5.74, 6) is 0.541. The van der Waals surface area contributed by atoms with Crippen molar-refractivity contribution < 1.29 is 4.79 Å². The van der Waals surface area contributed by atoms with Gasteiger partial charge in [-0.2, -0.15) is 0 Å². The molecule has 0 aromatic carbocycles. The second kappa shape index (κ2) is 7.84. The van der Waals surface area contributed by atoms with Crippen LogP contribution in [0.5, 0.6) is 0 Å². The van der Waals surface area contributed by atoms with E-state index in [4.69, 9.17) is 18.0 Å². The van der Waals surface area contributed by atoms with Crippen LogP contribution in [0.15, 0.2) is 24.5 Å². The molecule has 1 rings (SSSR count). The molecule has 4 nitrogen and oxygen atoms in total. The van der Waals surface area contributed by atoms with E-state index in [-0.39, 0.29) is 5.91 Å². The summed E-state index contributed by atoms with van der Waals surface area (Å²) in [7, 11) is 0. The zero-order valence-corrected chi connectivity index (χ0v) is 12.3. The van der Waals surface area contributed by atoms with Crippen LogP contribution in [-0.4, -0.2) is 33.9 Å². The number of hydrogen-bond acceptors (Lipinski definition) is 3. The predicted octanol–water partition coefficient (Wildman–Crippen LogP) is 2.25. The summed E-state index contributed by atoms with van der Waals surface area (Å²) in [5.41, 5.74) is 6.12. The quantitative estimate of drug-likeness (QED) is 0.778. The van der Waals surface area contributed by atoms with Gasteiger partial charge in [-0.05, 0) is 24.5 Å². The normalized spacial score (nSPS) is 10.5. The van der Waals surface area contributed by atoms with Crippen LogP contribution in [0.4, 0.5) is 0 Å². The molecule has 1 aromatic rings. The van der Waals surface area contributed by atoms with Crippen LogP contribution < -0.4 is 5.73 Å². The second-order valence-corrected chi connectivity index (χ2v) is 5.46. The monoisotopic (exact) mass is 279 g/mol. The van der Waals surface area contributed by atoms with Gasteiger partial charge in [0.25, 0.3) is 5.91 Å². The Morgan fingerprint density at radius 1 is 1.47 bits per heavy atom. The number of thiocarbonyl (C=S) groups is 1. The van der Waals surface area contributed by atoms with Gasteiger partial charge in [-0.3, -0.25) is 9.78 Å². The van der Waals surface area contributed by atoms with Gasteiger partial charge >= 0.3 is 0 Å². The Balaban J connectivity index is 2.71. The minimum Gasteiger partial charge on any atom is -0.393 e. The molecule has 0 unspecified atom stereocenters. The summed E-state index contributed by atoms with van der Waals surface area (Å²) in [6, 6.07) is 3.54. The van der Waals surface area contributed by atoms with Gasteiger partial charge in [-0.25, -0.2) is 0 Å². The Hall–Kier alpha value is -1.49. The first-order valence-electron chi connectivity index (χ1n) is 6.48. The number of hydrogen-bond donors (Lipinski definition) is 1. The van der Waals surface area contributed by atoms with E-state index in [1.165, 1.54) is 0 Å². The fourth-order valence-electron chi connectivity index (χ4n) is 1.65. The van der Waals surface area contributed by atoms with E-state index in [1.54, 1.807) is 29.4 Å². The van der Waals surface area contributed by atoms with E-state index in [9.17, 15) is 4.79 Å². The molecule has 19 heavy (non-hydrogen) atoms. The van der Waals surface area contributed by atoms with Crippen molar-refractivity contribution in [3.05, 3.63) is 30.1 Å². The molecule has 104 valence electrons. The third kappa shape index (κ3) is 5.79. The Bertz CT molecular complexity index is 420. The fourth-order valence-corrected chi connectivity index (χ4v) is 1.74. The SMILES string of the molecule is CC(C)CCN(CCC(N)=S)C(=O)c1cccnc1. The van der Waals surface area contributed by atoms with E-state index in [1.807, 2.05) is 0 Å². The third-order valence-electron chi connectivity index (χ3n) is 2.80. The van der Waals surface area contributed by atoms with Gasteiger partial charge in [0.1, 0.15) is 0 Å². The zero-order valence-electron chi connectivity index (χ0n) is 11.5. The van der Waals surface area contributed by atoms with E-state index in [0.29, 0.717) is 36.0 Å². The van der Waals surface area contributed by atoms with Crippen molar-refractivity contribution in [2.75, 3.05) is 13.1 Å².